The van der Waals surface area contributed by atoms with Gasteiger partial charge in [-0.15, -0.1) is 0 Å². The minimum Gasteiger partial charge on any atom is -0.462 e. The fraction of sp³-hybridized carbons (Fsp3) is 0.963. The average Bonchev–Trinajstić information content (AvgIpc) is 3.30. The van der Waals surface area contributed by atoms with Crippen LogP contribution in [0, 0.1) is 0 Å². The molecule has 6 unspecified atom stereocenters. The molecule has 1 aliphatic rings. The molecular formula is C54H104O12S. The van der Waals surface area contributed by atoms with E-state index in [0.717, 1.165) is 38.5 Å². The molecule has 398 valence electrons. The molecule has 0 spiro atoms. The molecular weight excluding hydrogens is 873 g/mol. The summed E-state index contributed by atoms with van der Waals surface area (Å²) in [6.07, 6.45) is 40.0. The molecule has 0 aromatic rings. The van der Waals surface area contributed by atoms with Gasteiger partial charge in [-0.05, 0) is 12.8 Å². The van der Waals surface area contributed by atoms with Crippen LogP contribution in [0.15, 0.2) is 0 Å². The van der Waals surface area contributed by atoms with E-state index in [2.05, 4.69) is 13.8 Å². The molecule has 0 amide bonds. The van der Waals surface area contributed by atoms with E-state index >= 15 is 0 Å². The van der Waals surface area contributed by atoms with Crippen molar-refractivity contribution in [3.63, 3.8) is 0 Å². The molecule has 0 radical (unpaired) electrons. The molecule has 1 fully saturated rings. The van der Waals surface area contributed by atoms with Crippen molar-refractivity contribution in [3.8, 4) is 0 Å². The number of hydrogen-bond donors (Lipinski definition) is 4. The minimum absolute atomic E-state index is 0.173. The summed E-state index contributed by atoms with van der Waals surface area (Å²) in [4.78, 5) is 25.6. The predicted octanol–water partition coefficient (Wildman–Crippen LogP) is 13.2. The first-order valence-corrected chi connectivity index (χ1v) is 29.7. The van der Waals surface area contributed by atoms with Gasteiger partial charge in [0.25, 0.3) is 10.1 Å². The normalized spacial score (nSPS) is 19.2. The number of esters is 2. The quantitative estimate of drug-likeness (QED) is 0.0257. The molecule has 12 nitrogen and oxygen atoms in total. The van der Waals surface area contributed by atoms with Crippen molar-refractivity contribution in [1.29, 1.82) is 0 Å². The standard InChI is InChI=1S/C54H104O12S/c1-3-5-7-9-11-13-15-17-19-21-23-25-27-29-31-33-35-37-39-41-43-50(56)65-47(45-64-54-53(59)52(58)51(57)48(66-54)46-67(60,61)62)44-63-49(55)42-40-38-36-34-32-30-28-26-24-22-20-18-16-14-12-10-8-6-4-2/h47-48,51-54,57-59H,3-46H2,1-2H3,(H,60,61,62). The highest BCUT2D eigenvalue weighted by Crippen LogP contribution is 2.24. The molecule has 4 N–H and O–H groups in total. The van der Waals surface area contributed by atoms with Crippen molar-refractivity contribution >= 4 is 22.1 Å². The lowest BCUT2D eigenvalue weighted by Crippen LogP contribution is -2.60. The lowest BCUT2D eigenvalue weighted by Gasteiger charge is -2.40. The second kappa shape index (κ2) is 44.6. The van der Waals surface area contributed by atoms with Gasteiger partial charge < -0.3 is 34.3 Å². The number of carbonyl (C=O) groups excluding carboxylic acids is 2. The molecule has 1 aliphatic heterocycles. The highest BCUT2D eigenvalue weighted by molar-refractivity contribution is 7.85. The van der Waals surface area contributed by atoms with Gasteiger partial charge in [-0.2, -0.15) is 8.42 Å². The highest BCUT2D eigenvalue weighted by atomic mass is 32.2. The molecule has 1 rings (SSSR count). The summed E-state index contributed by atoms with van der Waals surface area (Å²) in [7, 11) is -4.60. The van der Waals surface area contributed by atoms with Gasteiger partial charge in [-0.25, -0.2) is 0 Å². The lowest BCUT2D eigenvalue weighted by atomic mass is 10.00. The Bertz CT molecular complexity index is 1230. The maximum atomic E-state index is 12.9. The third-order valence-corrected chi connectivity index (χ3v) is 14.2. The van der Waals surface area contributed by atoms with E-state index in [1.165, 1.54) is 199 Å². The van der Waals surface area contributed by atoms with E-state index in [-0.39, 0.29) is 19.4 Å². The Labute approximate surface area is 410 Å². The van der Waals surface area contributed by atoms with Gasteiger partial charge >= 0.3 is 11.9 Å². The van der Waals surface area contributed by atoms with Crippen molar-refractivity contribution in [2.75, 3.05) is 19.0 Å². The van der Waals surface area contributed by atoms with E-state index in [1.54, 1.807) is 0 Å². The number of hydrogen-bond acceptors (Lipinski definition) is 11. The van der Waals surface area contributed by atoms with Crippen LogP contribution in [0.3, 0.4) is 0 Å². The molecule has 0 bridgehead atoms. The van der Waals surface area contributed by atoms with Gasteiger partial charge in [0.15, 0.2) is 12.4 Å². The summed E-state index contributed by atoms with van der Waals surface area (Å²) in [5.41, 5.74) is 0. The van der Waals surface area contributed by atoms with Crippen LogP contribution in [0.25, 0.3) is 0 Å². The maximum Gasteiger partial charge on any atom is 0.306 e. The first-order chi connectivity index (χ1) is 32.5. The Morgan fingerprint density at radius 3 is 1.09 bits per heavy atom. The molecule has 6 atom stereocenters. The molecule has 0 aliphatic carbocycles. The minimum atomic E-state index is -4.60. The van der Waals surface area contributed by atoms with Crippen LogP contribution in [0.1, 0.15) is 277 Å². The Morgan fingerprint density at radius 2 is 0.761 bits per heavy atom. The molecule has 0 aromatic heterocycles. The average molecular weight is 977 g/mol. The number of rotatable bonds is 49. The van der Waals surface area contributed by atoms with Gasteiger partial charge in [0.2, 0.25) is 0 Å². The second-order valence-electron chi connectivity index (χ2n) is 20.0. The van der Waals surface area contributed by atoms with E-state index in [4.69, 9.17) is 18.9 Å². The number of aliphatic hydroxyl groups is 3. The van der Waals surface area contributed by atoms with Crippen LogP contribution in [0.5, 0.6) is 0 Å². The maximum absolute atomic E-state index is 12.9. The van der Waals surface area contributed by atoms with Gasteiger partial charge in [0, 0.05) is 12.8 Å². The second-order valence-corrected chi connectivity index (χ2v) is 21.5. The summed E-state index contributed by atoms with van der Waals surface area (Å²) in [6, 6.07) is 0. The van der Waals surface area contributed by atoms with Crippen LogP contribution in [-0.2, 0) is 38.7 Å². The summed E-state index contributed by atoms with van der Waals surface area (Å²) in [5.74, 6) is -1.95. The third-order valence-electron chi connectivity index (χ3n) is 13.4. The first kappa shape index (κ1) is 63.7. The van der Waals surface area contributed by atoms with Crippen molar-refractivity contribution in [1.82, 2.24) is 0 Å². The SMILES string of the molecule is CCCCCCCCCCCCCCCCCCCCCCC(=O)OC(COC(=O)CCCCCCCCCCCCCCCCCCCCC)COC1OC(CS(=O)(=O)O)C(O)C(O)C1O. The van der Waals surface area contributed by atoms with Crippen LogP contribution >= 0.6 is 0 Å². The summed E-state index contributed by atoms with van der Waals surface area (Å²) < 4.78 is 54.4. The summed E-state index contributed by atoms with van der Waals surface area (Å²) in [6.45, 7) is 3.83. The molecule has 0 aromatic carbocycles. The summed E-state index contributed by atoms with van der Waals surface area (Å²) >= 11 is 0. The van der Waals surface area contributed by atoms with Crippen molar-refractivity contribution in [2.45, 2.75) is 314 Å². The highest BCUT2D eigenvalue weighted by Gasteiger charge is 2.46. The van der Waals surface area contributed by atoms with Crippen LogP contribution in [0.2, 0.25) is 0 Å². The van der Waals surface area contributed by atoms with Gasteiger partial charge in [-0.3, -0.25) is 14.1 Å². The zero-order chi connectivity index (χ0) is 49.1. The van der Waals surface area contributed by atoms with Gasteiger partial charge in [-0.1, -0.05) is 251 Å². The topological polar surface area (TPSA) is 186 Å². The van der Waals surface area contributed by atoms with E-state index < -0.39 is 71.2 Å². The Hall–Kier alpha value is -1.35. The predicted molar refractivity (Wildman–Crippen MR) is 271 cm³/mol. The number of carbonyl (C=O) groups is 2. The molecule has 1 heterocycles. The molecule has 67 heavy (non-hydrogen) atoms. The molecule has 13 heteroatoms. The van der Waals surface area contributed by atoms with Gasteiger partial charge in [0.1, 0.15) is 36.8 Å². The Morgan fingerprint density at radius 1 is 0.448 bits per heavy atom. The number of aliphatic hydroxyl groups excluding tert-OH is 3. The van der Waals surface area contributed by atoms with Gasteiger partial charge in [0.05, 0.1) is 6.61 Å². The summed E-state index contributed by atoms with van der Waals surface area (Å²) in [5, 5.41) is 31.0. The van der Waals surface area contributed by atoms with Crippen LogP contribution in [-0.4, -0.2) is 96.0 Å². The zero-order valence-corrected chi connectivity index (χ0v) is 43.9. The Balaban J connectivity index is 2.31. The van der Waals surface area contributed by atoms with E-state index in [9.17, 15) is 37.9 Å². The van der Waals surface area contributed by atoms with Crippen molar-refractivity contribution in [3.05, 3.63) is 0 Å². The van der Waals surface area contributed by atoms with E-state index in [1.807, 2.05) is 0 Å². The van der Waals surface area contributed by atoms with Crippen LogP contribution < -0.4 is 0 Å². The lowest BCUT2D eigenvalue weighted by molar-refractivity contribution is -0.297. The third kappa shape index (κ3) is 39.0. The first-order valence-electron chi connectivity index (χ1n) is 28.1. The fourth-order valence-electron chi connectivity index (χ4n) is 9.09. The molecule has 0 saturated carbocycles. The monoisotopic (exact) mass is 977 g/mol. The smallest absolute Gasteiger partial charge is 0.306 e. The zero-order valence-electron chi connectivity index (χ0n) is 43.0. The Kier molecular flexibility index (Phi) is 42.4. The van der Waals surface area contributed by atoms with Crippen LogP contribution in [0.4, 0.5) is 0 Å². The largest absolute Gasteiger partial charge is 0.462 e. The van der Waals surface area contributed by atoms with Crippen molar-refractivity contribution < 1.29 is 56.8 Å². The fourth-order valence-corrected chi connectivity index (χ4v) is 9.78. The number of unbranched alkanes of at least 4 members (excludes halogenated alkanes) is 37. The number of ether oxygens (including phenoxy) is 4. The van der Waals surface area contributed by atoms with E-state index in [0.29, 0.717) is 12.8 Å². The van der Waals surface area contributed by atoms with Crippen molar-refractivity contribution in [2.24, 2.45) is 0 Å². The molecule has 1 saturated heterocycles.